The summed E-state index contributed by atoms with van der Waals surface area (Å²) in [5.74, 6) is 1.81. The summed E-state index contributed by atoms with van der Waals surface area (Å²) in [7, 11) is 0. The van der Waals surface area contributed by atoms with E-state index in [-0.39, 0.29) is 5.38 Å². The van der Waals surface area contributed by atoms with Crippen LogP contribution in [0.25, 0.3) is 0 Å². The van der Waals surface area contributed by atoms with Crippen molar-refractivity contribution in [1.82, 2.24) is 0 Å². The van der Waals surface area contributed by atoms with Crippen LogP contribution < -0.4 is 4.74 Å². The van der Waals surface area contributed by atoms with E-state index in [9.17, 15) is 0 Å². The maximum atomic E-state index is 6.59. The van der Waals surface area contributed by atoms with Crippen molar-refractivity contribution in [2.75, 3.05) is 6.61 Å². The molecule has 1 aliphatic carbocycles. The minimum absolute atomic E-state index is 0.114. The number of benzene rings is 1. The molecule has 0 N–H and O–H groups in total. The summed E-state index contributed by atoms with van der Waals surface area (Å²) in [5.41, 5.74) is 1.20. The average Bonchev–Trinajstić information content (AvgIpc) is 2.52. The molecule has 0 radical (unpaired) electrons. The molecule has 0 bridgehead atoms. The maximum Gasteiger partial charge on any atom is 0.133 e. The van der Waals surface area contributed by atoms with Crippen LogP contribution in [-0.2, 0) is 0 Å². The van der Waals surface area contributed by atoms with Crippen LogP contribution in [0, 0.1) is 5.92 Å². The highest BCUT2D eigenvalue weighted by Crippen LogP contribution is 2.35. The minimum Gasteiger partial charge on any atom is -0.492 e. The highest BCUT2D eigenvalue weighted by molar-refractivity contribution is 9.10. The Bertz CT molecular complexity index is 429. The smallest absolute Gasteiger partial charge is 0.133 e. The number of rotatable bonds is 7. The predicted molar refractivity (Wildman–Crippen MR) is 94.3 cm³/mol. The summed E-state index contributed by atoms with van der Waals surface area (Å²) >= 11 is 10.2. The molecule has 0 amide bonds. The average molecular weight is 374 g/mol. The van der Waals surface area contributed by atoms with Crippen LogP contribution in [0.1, 0.15) is 69.2 Å². The monoisotopic (exact) mass is 372 g/mol. The van der Waals surface area contributed by atoms with Gasteiger partial charge in [-0.05, 0) is 58.8 Å². The maximum absolute atomic E-state index is 6.59. The van der Waals surface area contributed by atoms with Crippen molar-refractivity contribution in [3.63, 3.8) is 0 Å². The van der Waals surface area contributed by atoms with E-state index in [4.69, 9.17) is 16.3 Å². The van der Waals surface area contributed by atoms with Crippen molar-refractivity contribution in [3.8, 4) is 5.75 Å². The fourth-order valence-electron chi connectivity index (χ4n) is 3.07. The molecule has 1 aliphatic rings. The van der Waals surface area contributed by atoms with Crippen LogP contribution in [0.5, 0.6) is 5.75 Å². The van der Waals surface area contributed by atoms with Gasteiger partial charge in [0.05, 0.1) is 16.5 Å². The van der Waals surface area contributed by atoms with E-state index in [2.05, 4.69) is 35.0 Å². The SMILES string of the molecule is CCCOc1ccc(C(Cl)CCC2CCCCC2)cc1Br. The molecule has 0 heterocycles. The van der Waals surface area contributed by atoms with Gasteiger partial charge >= 0.3 is 0 Å². The summed E-state index contributed by atoms with van der Waals surface area (Å²) < 4.78 is 6.70. The lowest BCUT2D eigenvalue weighted by Gasteiger charge is -2.22. The Hall–Kier alpha value is -0.210. The fraction of sp³-hybridized carbons (Fsp3) is 0.667. The van der Waals surface area contributed by atoms with E-state index >= 15 is 0 Å². The molecular weight excluding hydrogens is 348 g/mol. The van der Waals surface area contributed by atoms with E-state index in [0.29, 0.717) is 0 Å². The molecule has 1 saturated carbocycles. The van der Waals surface area contributed by atoms with Crippen LogP contribution in [0.3, 0.4) is 0 Å². The first-order valence-corrected chi connectivity index (χ1v) is 9.50. The van der Waals surface area contributed by atoms with Crippen molar-refractivity contribution in [1.29, 1.82) is 0 Å². The molecule has 1 fully saturated rings. The van der Waals surface area contributed by atoms with Crippen molar-refractivity contribution in [2.45, 2.75) is 63.7 Å². The Morgan fingerprint density at radius 1 is 1.29 bits per heavy atom. The van der Waals surface area contributed by atoms with Crippen molar-refractivity contribution >= 4 is 27.5 Å². The summed E-state index contributed by atoms with van der Waals surface area (Å²) in [6, 6.07) is 6.25. The number of hydrogen-bond donors (Lipinski definition) is 0. The Balaban J connectivity index is 1.86. The minimum atomic E-state index is 0.114. The Labute approximate surface area is 142 Å². The van der Waals surface area contributed by atoms with Crippen LogP contribution >= 0.6 is 27.5 Å². The summed E-state index contributed by atoms with van der Waals surface area (Å²) in [5, 5.41) is 0.114. The van der Waals surface area contributed by atoms with Gasteiger partial charge in [0, 0.05) is 0 Å². The lowest BCUT2D eigenvalue weighted by atomic mass is 9.85. The van der Waals surface area contributed by atoms with Gasteiger partial charge in [-0.25, -0.2) is 0 Å². The molecule has 0 saturated heterocycles. The van der Waals surface area contributed by atoms with E-state index < -0.39 is 0 Å². The van der Waals surface area contributed by atoms with E-state index in [1.54, 1.807) is 0 Å². The number of hydrogen-bond acceptors (Lipinski definition) is 1. The summed E-state index contributed by atoms with van der Waals surface area (Å²) in [6.07, 6.45) is 10.4. The van der Waals surface area contributed by atoms with Crippen molar-refractivity contribution in [3.05, 3.63) is 28.2 Å². The van der Waals surface area contributed by atoms with Gasteiger partial charge in [-0.3, -0.25) is 0 Å². The lowest BCUT2D eigenvalue weighted by Crippen LogP contribution is -2.07. The fourth-order valence-corrected chi connectivity index (χ4v) is 3.84. The van der Waals surface area contributed by atoms with E-state index in [1.807, 2.05) is 6.07 Å². The van der Waals surface area contributed by atoms with Gasteiger partial charge in [0.25, 0.3) is 0 Å². The molecule has 1 atom stereocenters. The van der Waals surface area contributed by atoms with Crippen LogP contribution in [0.15, 0.2) is 22.7 Å². The van der Waals surface area contributed by atoms with Crippen LogP contribution in [0.2, 0.25) is 0 Å². The van der Waals surface area contributed by atoms with Gasteiger partial charge in [0.1, 0.15) is 5.75 Å². The second-order valence-electron chi connectivity index (χ2n) is 6.09. The third-order valence-corrected chi connectivity index (χ3v) is 5.42. The Kier molecular flexibility index (Phi) is 7.39. The zero-order valence-corrected chi connectivity index (χ0v) is 15.3. The first-order chi connectivity index (χ1) is 10.2. The van der Waals surface area contributed by atoms with Gasteiger partial charge in [0.15, 0.2) is 0 Å². The van der Waals surface area contributed by atoms with Gasteiger partial charge < -0.3 is 4.74 Å². The highest BCUT2D eigenvalue weighted by Gasteiger charge is 2.16. The Morgan fingerprint density at radius 2 is 2.05 bits per heavy atom. The molecule has 0 aliphatic heterocycles. The topological polar surface area (TPSA) is 9.23 Å². The van der Waals surface area contributed by atoms with Crippen LogP contribution in [0.4, 0.5) is 0 Å². The van der Waals surface area contributed by atoms with E-state index in [0.717, 1.165) is 35.6 Å². The molecular formula is C18H26BrClO. The third-order valence-electron chi connectivity index (χ3n) is 4.33. The second-order valence-corrected chi connectivity index (χ2v) is 7.47. The molecule has 2 rings (SSSR count). The first-order valence-electron chi connectivity index (χ1n) is 8.27. The normalized spacial score (nSPS) is 17.7. The summed E-state index contributed by atoms with van der Waals surface area (Å²) in [4.78, 5) is 0. The van der Waals surface area contributed by atoms with Gasteiger partial charge in [-0.2, -0.15) is 0 Å². The number of halogens is 2. The second kappa shape index (κ2) is 9.05. The Morgan fingerprint density at radius 3 is 2.71 bits per heavy atom. The molecule has 1 aromatic carbocycles. The molecule has 0 spiro atoms. The molecule has 1 aromatic rings. The van der Waals surface area contributed by atoms with E-state index in [1.165, 1.54) is 44.1 Å². The predicted octanol–water partition coefficient (Wildman–Crippen LogP) is 6.88. The molecule has 3 heteroatoms. The third kappa shape index (κ3) is 5.49. The lowest BCUT2D eigenvalue weighted by molar-refractivity contribution is 0.315. The zero-order valence-electron chi connectivity index (χ0n) is 12.9. The molecule has 1 nitrogen and oxygen atoms in total. The largest absolute Gasteiger partial charge is 0.492 e. The number of ether oxygens (including phenoxy) is 1. The standard InChI is InChI=1S/C18H26BrClO/c1-2-12-21-18-11-9-15(13-16(18)19)17(20)10-8-14-6-4-3-5-7-14/h9,11,13-14,17H,2-8,10,12H2,1H3. The first kappa shape index (κ1) is 17.1. The summed E-state index contributed by atoms with van der Waals surface area (Å²) in [6.45, 7) is 2.87. The van der Waals surface area contributed by atoms with Crippen LogP contribution in [-0.4, -0.2) is 6.61 Å². The van der Waals surface area contributed by atoms with Gasteiger partial charge in [0.2, 0.25) is 0 Å². The van der Waals surface area contributed by atoms with Gasteiger partial charge in [-0.1, -0.05) is 45.1 Å². The highest BCUT2D eigenvalue weighted by atomic mass is 79.9. The molecule has 118 valence electrons. The number of alkyl halides is 1. The van der Waals surface area contributed by atoms with Crippen molar-refractivity contribution < 1.29 is 4.74 Å². The quantitative estimate of drug-likeness (QED) is 0.473. The zero-order chi connectivity index (χ0) is 15.1. The molecule has 1 unspecified atom stereocenters. The van der Waals surface area contributed by atoms with Crippen molar-refractivity contribution in [2.24, 2.45) is 5.92 Å². The van der Waals surface area contributed by atoms with Gasteiger partial charge in [-0.15, -0.1) is 11.6 Å². The molecule has 0 aromatic heterocycles. The molecule has 21 heavy (non-hydrogen) atoms.